The maximum Gasteiger partial charge on any atom is 0.134 e. The van der Waals surface area contributed by atoms with Crippen molar-refractivity contribution >= 4 is 5.69 Å². The van der Waals surface area contributed by atoms with Gasteiger partial charge >= 0.3 is 0 Å². The van der Waals surface area contributed by atoms with E-state index in [0.29, 0.717) is 5.69 Å². The van der Waals surface area contributed by atoms with Crippen molar-refractivity contribution in [1.29, 1.82) is 0 Å². The molecule has 4 heteroatoms. The third-order valence-corrected chi connectivity index (χ3v) is 2.02. The molecule has 0 saturated heterocycles. The molecular weight excluding hydrogens is 176 g/mol. The van der Waals surface area contributed by atoms with Gasteiger partial charge in [-0.1, -0.05) is 6.07 Å². The van der Waals surface area contributed by atoms with E-state index in [4.69, 9.17) is 5.73 Å². The average molecular weight is 188 g/mol. The second-order valence-corrected chi connectivity index (χ2v) is 3.00. The largest absolute Gasteiger partial charge is 0.396 e. The Balaban J connectivity index is 2.46. The van der Waals surface area contributed by atoms with Crippen molar-refractivity contribution in [2.45, 2.75) is 13.5 Å². The average Bonchev–Trinajstić information content (AvgIpc) is 2.61. The number of nitrogens with zero attached hydrogens (tertiary/aromatic N) is 3. The van der Waals surface area contributed by atoms with Gasteiger partial charge in [0.15, 0.2) is 0 Å². The molecule has 2 N–H and O–H groups in total. The number of hydrogen-bond acceptors (Lipinski definition) is 3. The van der Waals surface area contributed by atoms with Crippen molar-refractivity contribution in [1.82, 2.24) is 14.8 Å². The number of nitrogens with two attached hydrogens (primary N) is 1. The summed E-state index contributed by atoms with van der Waals surface area (Å²) in [5, 5.41) is 4.33. The van der Waals surface area contributed by atoms with Crippen LogP contribution >= 0.6 is 0 Å². The first-order valence-corrected chi connectivity index (χ1v) is 4.55. The van der Waals surface area contributed by atoms with Crippen LogP contribution in [0.2, 0.25) is 0 Å². The van der Waals surface area contributed by atoms with Crippen LogP contribution in [0, 0.1) is 0 Å². The van der Waals surface area contributed by atoms with E-state index in [1.54, 1.807) is 10.9 Å². The Morgan fingerprint density at radius 2 is 2.29 bits per heavy atom. The first-order valence-electron chi connectivity index (χ1n) is 4.55. The second-order valence-electron chi connectivity index (χ2n) is 3.00. The topological polar surface area (TPSA) is 56.7 Å². The fraction of sp³-hybridized carbons (Fsp3) is 0.200. The first kappa shape index (κ1) is 8.74. The first-order chi connectivity index (χ1) is 6.81. The maximum absolute atomic E-state index is 5.83. The summed E-state index contributed by atoms with van der Waals surface area (Å²) < 4.78 is 1.80. The minimum Gasteiger partial charge on any atom is -0.396 e. The zero-order chi connectivity index (χ0) is 9.97. The lowest BCUT2D eigenvalue weighted by atomic mass is 10.2. The quantitative estimate of drug-likeness (QED) is 0.777. The van der Waals surface area contributed by atoms with Crippen LogP contribution < -0.4 is 5.73 Å². The van der Waals surface area contributed by atoms with Crippen LogP contribution in [0.3, 0.4) is 0 Å². The maximum atomic E-state index is 5.83. The van der Waals surface area contributed by atoms with E-state index < -0.39 is 0 Å². The van der Waals surface area contributed by atoms with Crippen LogP contribution in [0.4, 0.5) is 5.69 Å². The fourth-order valence-corrected chi connectivity index (χ4v) is 1.30. The van der Waals surface area contributed by atoms with Crippen LogP contribution in [0.25, 0.3) is 11.4 Å². The number of nitrogen functional groups attached to an aromatic ring is 1. The molecule has 0 saturated carbocycles. The molecule has 0 unspecified atom stereocenters. The normalized spacial score (nSPS) is 10.4. The molecule has 0 bridgehead atoms. The highest BCUT2D eigenvalue weighted by Crippen LogP contribution is 2.20. The molecule has 72 valence electrons. The molecule has 14 heavy (non-hydrogen) atoms. The molecule has 2 rings (SSSR count). The van der Waals surface area contributed by atoms with E-state index in [2.05, 4.69) is 10.1 Å². The Morgan fingerprint density at radius 3 is 2.86 bits per heavy atom. The van der Waals surface area contributed by atoms with E-state index >= 15 is 0 Å². The van der Waals surface area contributed by atoms with E-state index in [-0.39, 0.29) is 0 Å². The van der Waals surface area contributed by atoms with Gasteiger partial charge in [0.05, 0.1) is 11.4 Å². The molecule has 2 aromatic rings. The van der Waals surface area contributed by atoms with E-state index in [1.807, 2.05) is 31.3 Å². The lowest BCUT2D eigenvalue weighted by molar-refractivity contribution is 0.662. The molecule has 0 aromatic carbocycles. The van der Waals surface area contributed by atoms with E-state index in [0.717, 1.165) is 17.9 Å². The summed E-state index contributed by atoms with van der Waals surface area (Å²) in [7, 11) is 0. The van der Waals surface area contributed by atoms with Crippen molar-refractivity contribution in [2.24, 2.45) is 0 Å². The van der Waals surface area contributed by atoms with Crippen molar-refractivity contribution in [3.8, 4) is 11.4 Å². The number of pyridine rings is 1. The molecule has 4 nitrogen and oxygen atoms in total. The highest BCUT2D eigenvalue weighted by Gasteiger charge is 2.07. The number of anilines is 1. The van der Waals surface area contributed by atoms with Crippen molar-refractivity contribution in [2.75, 3.05) is 5.73 Å². The van der Waals surface area contributed by atoms with Gasteiger partial charge in [-0.05, 0) is 19.1 Å². The number of rotatable bonds is 2. The predicted molar refractivity (Wildman–Crippen MR) is 55.5 cm³/mol. The molecule has 0 fully saturated rings. The van der Waals surface area contributed by atoms with Gasteiger partial charge in [0.2, 0.25) is 0 Å². The van der Waals surface area contributed by atoms with Gasteiger partial charge in [-0.25, -0.2) is 0 Å². The van der Waals surface area contributed by atoms with Gasteiger partial charge in [-0.15, -0.1) is 0 Å². The molecule has 0 spiro atoms. The molecule has 0 aliphatic rings. The summed E-state index contributed by atoms with van der Waals surface area (Å²) in [6.45, 7) is 2.84. The third-order valence-electron chi connectivity index (χ3n) is 2.02. The van der Waals surface area contributed by atoms with Gasteiger partial charge in [0.25, 0.3) is 0 Å². The molecule has 2 aromatic heterocycles. The Morgan fingerprint density at radius 1 is 1.43 bits per heavy atom. The van der Waals surface area contributed by atoms with Gasteiger partial charge in [0.1, 0.15) is 5.69 Å². The Bertz CT molecular complexity index is 419. The minimum absolute atomic E-state index is 0.672. The van der Waals surface area contributed by atoms with Gasteiger partial charge in [-0.3, -0.25) is 9.67 Å². The van der Waals surface area contributed by atoms with Crippen molar-refractivity contribution in [3.05, 3.63) is 30.6 Å². The Kier molecular flexibility index (Phi) is 2.18. The Labute approximate surface area is 82.4 Å². The number of hydrogen-bond donors (Lipinski definition) is 1. The summed E-state index contributed by atoms with van der Waals surface area (Å²) in [4.78, 5) is 4.20. The van der Waals surface area contributed by atoms with Crippen molar-refractivity contribution in [3.63, 3.8) is 0 Å². The highest BCUT2D eigenvalue weighted by atomic mass is 15.3. The van der Waals surface area contributed by atoms with E-state index in [9.17, 15) is 0 Å². The SMILES string of the molecule is CCn1cc(N)c(-c2ccccn2)n1. The monoisotopic (exact) mass is 188 g/mol. The molecule has 2 heterocycles. The summed E-state index contributed by atoms with van der Waals surface area (Å²) >= 11 is 0. The molecular formula is C10H12N4. The molecule has 0 amide bonds. The second kappa shape index (κ2) is 3.49. The van der Waals surface area contributed by atoms with Gasteiger partial charge in [-0.2, -0.15) is 5.10 Å². The lowest BCUT2D eigenvalue weighted by Crippen LogP contribution is -1.94. The smallest absolute Gasteiger partial charge is 0.134 e. The minimum atomic E-state index is 0.672. The summed E-state index contributed by atoms with van der Waals surface area (Å²) in [5.74, 6) is 0. The van der Waals surface area contributed by atoms with Gasteiger partial charge < -0.3 is 5.73 Å². The van der Waals surface area contributed by atoms with Crippen LogP contribution in [0.1, 0.15) is 6.92 Å². The summed E-state index contributed by atoms with van der Waals surface area (Å²) in [5.41, 5.74) is 8.07. The lowest BCUT2D eigenvalue weighted by Gasteiger charge is -1.95. The standard InChI is InChI=1S/C10H12N4/c1-2-14-7-8(11)10(13-14)9-5-3-4-6-12-9/h3-7H,2,11H2,1H3. The third kappa shape index (κ3) is 1.46. The molecule has 0 atom stereocenters. The van der Waals surface area contributed by atoms with Crippen LogP contribution in [-0.2, 0) is 6.54 Å². The van der Waals surface area contributed by atoms with Crippen LogP contribution in [0.15, 0.2) is 30.6 Å². The zero-order valence-electron chi connectivity index (χ0n) is 8.01. The van der Waals surface area contributed by atoms with E-state index in [1.165, 1.54) is 0 Å². The van der Waals surface area contributed by atoms with Crippen LogP contribution in [0.5, 0.6) is 0 Å². The molecule has 0 radical (unpaired) electrons. The van der Waals surface area contributed by atoms with Gasteiger partial charge in [0, 0.05) is 18.9 Å². The molecule has 0 aliphatic carbocycles. The fourth-order valence-electron chi connectivity index (χ4n) is 1.30. The summed E-state index contributed by atoms with van der Waals surface area (Å²) in [6.07, 6.45) is 3.56. The zero-order valence-corrected chi connectivity index (χ0v) is 8.01. The number of aryl methyl sites for hydroxylation is 1. The van der Waals surface area contributed by atoms with Crippen molar-refractivity contribution < 1.29 is 0 Å². The Hall–Kier alpha value is -1.84. The number of aromatic nitrogens is 3. The molecule has 0 aliphatic heterocycles. The van der Waals surface area contributed by atoms with Crippen LogP contribution in [-0.4, -0.2) is 14.8 Å². The summed E-state index contributed by atoms with van der Waals surface area (Å²) in [6, 6.07) is 5.70. The predicted octanol–water partition coefficient (Wildman–Crippen LogP) is 1.55. The highest BCUT2D eigenvalue weighted by molar-refractivity contribution is 5.68.